The zero-order chi connectivity index (χ0) is 20.2. The van der Waals surface area contributed by atoms with Gasteiger partial charge in [0.1, 0.15) is 0 Å². The molecule has 0 aromatic heterocycles. The SMILES string of the molecule is [CH3][Ti]([CH3])(=[SiH2])([O]C=O)([O]C=O)([CH]1C=Cc2ccccc21)[CH]1C=Cc2ccccc21. The standard InChI is InChI=1S/2C9H7.2CH2O2.2CH3.H2Si.Ti/c2*1-2-5-9-7-3-6-8(9)4-1;2*2-1-3;;;;/h2*1-7H;2*1H,(H,2,3);2*1H3;1H2;/q;;;;;;;+2/p-2. The first-order valence-electron chi connectivity index (χ1n) is 9.42. The first-order valence-corrected chi connectivity index (χ1v) is 19.6. The zero-order valence-corrected chi connectivity index (χ0v) is 19.1. The Morgan fingerprint density at radius 2 is 1.18 bits per heavy atom. The fraction of sp³-hybridized carbons (Fsp3) is 0.182. The van der Waals surface area contributed by atoms with E-state index < -0.39 is 12.3 Å². The average molecular weight is 428 g/mol. The van der Waals surface area contributed by atoms with E-state index in [0.717, 1.165) is 22.3 Å². The van der Waals surface area contributed by atoms with Gasteiger partial charge in [0.05, 0.1) is 0 Å². The maximum atomic E-state index is 12.0. The van der Waals surface area contributed by atoms with Crippen LogP contribution in [0.4, 0.5) is 0 Å². The fourth-order valence-corrected chi connectivity index (χ4v) is 19.4. The quantitative estimate of drug-likeness (QED) is 0.514. The fourth-order valence-electron chi connectivity index (χ4n) is 5.49. The first kappa shape index (κ1) is 19.1. The van der Waals surface area contributed by atoms with Crippen molar-refractivity contribution in [2.45, 2.75) is 18.9 Å². The monoisotopic (exact) mass is 428 g/mol. The summed E-state index contributed by atoms with van der Waals surface area (Å²) in [5.74, 6) is 0. The van der Waals surface area contributed by atoms with E-state index in [1.54, 1.807) is 7.63 Å². The molecule has 0 fully saturated rings. The van der Waals surface area contributed by atoms with Crippen LogP contribution in [0.5, 0.6) is 0 Å². The van der Waals surface area contributed by atoms with Crippen molar-refractivity contribution in [3.05, 3.63) is 82.9 Å². The van der Waals surface area contributed by atoms with E-state index in [-0.39, 0.29) is 8.45 Å². The molecule has 2 aromatic carbocycles. The van der Waals surface area contributed by atoms with Gasteiger partial charge in [0.15, 0.2) is 0 Å². The Balaban J connectivity index is 2.15. The molecule has 2 aliphatic rings. The van der Waals surface area contributed by atoms with Crippen molar-refractivity contribution in [1.82, 2.24) is 0 Å². The molecule has 0 saturated carbocycles. The molecular formula is C22H24O4SiTi. The third kappa shape index (κ3) is 2.15. The van der Waals surface area contributed by atoms with Crippen molar-refractivity contribution in [2.24, 2.45) is 0 Å². The minimum atomic E-state index is -5.98. The average Bonchev–Trinajstić information content (AvgIpc) is 3.28. The number of fused-ring (bicyclic) bond motifs is 2. The number of carbonyl (C=O) groups is 2. The molecule has 4 nitrogen and oxygen atoms in total. The van der Waals surface area contributed by atoms with Crippen molar-refractivity contribution in [2.75, 3.05) is 0 Å². The zero-order valence-electron chi connectivity index (χ0n) is 16.1. The van der Waals surface area contributed by atoms with Crippen LogP contribution in [0.25, 0.3) is 12.2 Å². The van der Waals surface area contributed by atoms with Crippen LogP contribution in [0.2, 0.25) is 10.5 Å². The molecular weight excluding hydrogens is 404 g/mol. The maximum absolute atomic E-state index is 12.0. The van der Waals surface area contributed by atoms with Gasteiger partial charge < -0.3 is 0 Å². The van der Waals surface area contributed by atoms with Crippen molar-refractivity contribution >= 4 is 32.7 Å². The second-order valence-electron chi connectivity index (χ2n) is 9.96. The topological polar surface area (TPSA) is 52.6 Å². The Bertz CT molecular complexity index is 1130. The van der Waals surface area contributed by atoms with Crippen molar-refractivity contribution in [3.8, 4) is 0 Å². The van der Waals surface area contributed by atoms with E-state index in [9.17, 15) is 9.59 Å². The third-order valence-electron chi connectivity index (χ3n) is 7.25. The Morgan fingerprint density at radius 3 is 1.57 bits per heavy atom. The van der Waals surface area contributed by atoms with Crippen LogP contribution in [-0.2, 0) is 28.5 Å². The number of carbonyl (C=O) groups excluding carboxylic acids is 2. The van der Waals surface area contributed by atoms with E-state index in [4.69, 9.17) is 6.64 Å². The normalized spacial score (nSPS) is 23.4. The number of hydrogen-bond acceptors (Lipinski definition) is 4. The number of rotatable bonds is 6. The number of allylic oxidation sites excluding steroid dienone is 2. The summed E-state index contributed by atoms with van der Waals surface area (Å²) >= 11 is -5.98. The summed E-state index contributed by atoms with van der Waals surface area (Å²) in [6, 6.07) is 16.0. The van der Waals surface area contributed by atoms with Crippen LogP contribution in [0.1, 0.15) is 30.7 Å². The molecule has 2 aliphatic carbocycles. The van der Waals surface area contributed by atoms with Gasteiger partial charge >= 0.3 is 163 Å². The van der Waals surface area contributed by atoms with Gasteiger partial charge in [-0.1, -0.05) is 0 Å². The predicted molar refractivity (Wildman–Crippen MR) is 111 cm³/mol. The molecule has 6 heteroatoms. The van der Waals surface area contributed by atoms with E-state index in [2.05, 4.69) is 0 Å². The number of benzene rings is 2. The minimum absolute atomic E-state index is 0.358. The first-order chi connectivity index (χ1) is 13.1. The Labute approximate surface area is 162 Å². The van der Waals surface area contributed by atoms with Gasteiger partial charge in [0, 0.05) is 0 Å². The molecule has 0 saturated heterocycles. The molecule has 0 spiro atoms. The molecule has 2 atom stereocenters. The van der Waals surface area contributed by atoms with Gasteiger partial charge in [-0.15, -0.1) is 0 Å². The van der Waals surface area contributed by atoms with Gasteiger partial charge in [-0.3, -0.25) is 0 Å². The Morgan fingerprint density at radius 1 is 0.786 bits per heavy atom. The molecule has 4 rings (SSSR count). The van der Waals surface area contributed by atoms with E-state index in [0.29, 0.717) is 12.9 Å². The van der Waals surface area contributed by atoms with Crippen molar-refractivity contribution in [3.63, 3.8) is 0 Å². The van der Waals surface area contributed by atoms with E-state index in [1.165, 1.54) is 0 Å². The summed E-state index contributed by atoms with van der Waals surface area (Å²) in [7, 11) is 1.60. The summed E-state index contributed by atoms with van der Waals surface area (Å²) in [5, 5.41) is 3.85. The molecule has 28 heavy (non-hydrogen) atoms. The summed E-state index contributed by atoms with van der Waals surface area (Å²) in [6.45, 7) is 0.937. The molecule has 144 valence electrons. The predicted octanol–water partition coefficient (Wildman–Crippen LogP) is 4.10. The second-order valence-corrected chi connectivity index (χ2v) is 38.6. The molecule has 0 aliphatic heterocycles. The van der Waals surface area contributed by atoms with E-state index >= 15 is 0 Å². The van der Waals surface area contributed by atoms with Crippen LogP contribution in [0, 0.1) is 0 Å². The summed E-state index contributed by atoms with van der Waals surface area (Å²) < 4.78 is 11.8. The molecule has 0 amide bonds. The van der Waals surface area contributed by atoms with Crippen LogP contribution >= 0.6 is 0 Å². The van der Waals surface area contributed by atoms with Gasteiger partial charge in [-0.05, 0) is 0 Å². The molecule has 0 bridgehead atoms. The Kier molecular flexibility index (Phi) is 3.44. The van der Waals surface area contributed by atoms with Gasteiger partial charge in [0.2, 0.25) is 0 Å². The third-order valence-corrected chi connectivity index (χ3v) is 25.2. The molecule has 0 radical (unpaired) electrons. The molecule has 0 heterocycles. The van der Waals surface area contributed by atoms with Gasteiger partial charge in [0.25, 0.3) is 0 Å². The molecule has 0 N–H and O–H groups in total. The van der Waals surface area contributed by atoms with Crippen molar-refractivity contribution in [1.29, 1.82) is 0 Å². The van der Waals surface area contributed by atoms with Gasteiger partial charge in [-0.2, -0.15) is 0 Å². The summed E-state index contributed by atoms with van der Waals surface area (Å²) in [6.07, 6.45) is 8.12. The van der Waals surface area contributed by atoms with Gasteiger partial charge in [-0.25, -0.2) is 0 Å². The Hall–Kier alpha value is -2.21. The van der Waals surface area contributed by atoms with Crippen LogP contribution in [0.15, 0.2) is 60.7 Å². The van der Waals surface area contributed by atoms with E-state index in [1.807, 2.05) is 83.3 Å². The second kappa shape index (κ2) is 5.04. The number of hydrogen-bond donors (Lipinski definition) is 0. The molecule has 2 aromatic rings. The van der Waals surface area contributed by atoms with Crippen LogP contribution in [0.3, 0.4) is 0 Å². The van der Waals surface area contributed by atoms with Crippen LogP contribution < -0.4 is 0 Å². The summed E-state index contributed by atoms with van der Waals surface area (Å²) in [4.78, 5) is 24.1. The summed E-state index contributed by atoms with van der Waals surface area (Å²) in [5.41, 5.74) is 4.13. The van der Waals surface area contributed by atoms with Crippen LogP contribution in [-0.4, -0.2) is 20.6 Å². The van der Waals surface area contributed by atoms with Crippen molar-refractivity contribution < 1.29 is 28.5 Å². The molecule has 2 unspecified atom stereocenters.